The molecule has 1 atom stereocenters. The zero-order valence-electron chi connectivity index (χ0n) is 12.1. The fraction of sp³-hybridized carbons (Fsp3) is 0.467. The maximum Gasteiger partial charge on any atom is 0.315 e. The van der Waals surface area contributed by atoms with Crippen LogP contribution in [0.15, 0.2) is 30.3 Å². The number of hydrogen-bond donors (Lipinski definition) is 3. The number of hydrogen-bond acceptors (Lipinski definition) is 2. The lowest BCUT2D eigenvalue weighted by molar-refractivity contribution is -0.119. The molecule has 3 amide bonds. The first-order valence-electron chi connectivity index (χ1n) is 6.96. The average Bonchev–Trinajstić information content (AvgIpc) is 2.44. The molecule has 1 aromatic carbocycles. The summed E-state index contributed by atoms with van der Waals surface area (Å²) in [4.78, 5) is 22.8. The SMILES string of the molecule is CCNC(=O)CNC(=O)NC(C)CCc1ccccc1. The number of rotatable bonds is 7. The van der Waals surface area contributed by atoms with Crippen LogP contribution in [0, 0.1) is 0 Å². The lowest BCUT2D eigenvalue weighted by Gasteiger charge is -2.14. The van der Waals surface area contributed by atoms with Gasteiger partial charge >= 0.3 is 6.03 Å². The molecule has 0 heterocycles. The standard InChI is InChI=1S/C15H23N3O2/c1-3-16-14(19)11-17-15(20)18-12(2)9-10-13-7-5-4-6-8-13/h4-8,12H,3,9-11H2,1-2H3,(H,16,19)(H2,17,18,20). The Morgan fingerprint density at radius 2 is 1.85 bits per heavy atom. The minimum absolute atomic E-state index is 0.00504. The molecule has 1 unspecified atom stereocenters. The summed E-state index contributed by atoms with van der Waals surface area (Å²) in [5.74, 6) is -0.181. The Morgan fingerprint density at radius 1 is 1.15 bits per heavy atom. The molecule has 0 spiro atoms. The van der Waals surface area contributed by atoms with Crippen LogP contribution in [-0.4, -0.2) is 31.1 Å². The van der Waals surface area contributed by atoms with Crippen molar-refractivity contribution < 1.29 is 9.59 Å². The van der Waals surface area contributed by atoms with Gasteiger partial charge in [0.25, 0.3) is 0 Å². The van der Waals surface area contributed by atoms with Gasteiger partial charge in [-0.3, -0.25) is 4.79 Å². The number of carbonyl (C=O) groups excluding carboxylic acids is 2. The molecule has 0 bridgehead atoms. The maximum absolute atomic E-state index is 11.6. The van der Waals surface area contributed by atoms with Crippen LogP contribution >= 0.6 is 0 Å². The molecule has 5 heteroatoms. The molecule has 0 saturated heterocycles. The van der Waals surface area contributed by atoms with Crippen LogP contribution in [-0.2, 0) is 11.2 Å². The fourth-order valence-electron chi connectivity index (χ4n) is 1.80. The van der Waals surface area contributed by atoms with E-state index in [2.05, 4.69) is 28.1 Å². The molecular formula is C15H23N3O2. The predicted octanol–water partition coefficient (Wildman–Crippen LogP) is 1.44. The van der Waals surface area contributed by atoms with Gasteiger partial charge in [0.1, 0.15) is 0 Å². The topological polar surface area (TPSA) is 70.2 Å². The van der Waals surface area contributed by atoms with E-state index in [-0.39, 0.29) is 24.5 Å². The first-order valence-corrected chi connectivity index (χ1v) is 6.96. The van der Waals surface area contributed by atoms with Crippen molar-refractivity contribution in [1.82, 2.24) is 16.0 Å². The van der Waals surface area contributed by atoms with Gasteiger partial charge in [-0.15, -0.1) is 0 Å². The third-order valence-electron chi connectivity index (χ3n) is 2.87. The van der Waals surface area contributed by atoms with E-state index < -0.39 is 0 Å². The Hall–Kier alpha value is -2.04. The van der Waals surface area contributed by atoms with Crippen LogP contribution in [0.25, 0.3) is 0 Å². The number of aryl methyl sites for hydroxylation is 1. The van der Waals surface area contributed by atoms with Crippen LogP contribution in [0.1, 0.15) is 25.8 Å². The summed E-state index contributed by atoms with van der Waals surface area (Å²) in [6, 6.07) is 9.89. The summed E-state index contributed by atoms with van der Waals surface area (Å²) < 4.78 is 0. The fourth-order valence-corrected chi connectivity index (χ4v) is 1.80. The summed E-state index contributed by atoms with van der Waals surface area (Å²) >= 11 is 0. The smallest absolute Gasteiger partial charge is 0.315 e. The lowest BCUT2D eigenvalue weighted by atomic mass is 10.1. The second-order valence-electron chi connectivity index (χ2n) is 4.71. The van der Waals surface area contributed by atoms with E-state index in [1.165, 1.54) is 5.56 Å². The Bertz CT molecular complexity index is 420. The molecule has 20 heavy (non-hydrogen) atoms. The zero-order chi connectivity index (χ0) is 14.8. The monoisotopic (exact) mass is 277 g/mol. The Labute approximate surface area is 120 Å². The van der Waals surface area contributed by atoms with Gasteiger partial charge in [-0.25, -0.2) is 4.79 Å². The van der Waals surface area contributed by atoms with Gasteiger partial charge < -0.3 is 16.0 Å². The average molecular weight is 277 g/mol. The molecule has 1 rings (SSSR count). The van der Waals surface area contributed by atoms with E-state index >= 15 is 0 Å². The first-order chi connectivity index (χ1) is 9.61. The van der Waals surface area contributed by atoms with Gasteiger partial charge in [0.2, 0.25) is 5.91 Å². The van der Waals surface area contributed by atoms with E-state index in [0.29, 0.717) is 6.54 Å². The van der Waals surface area contributed by atoms with Gasteiger partial charge in [0, 0.05) is 12.6 Å². The summed E-state index contributed by atoms with van der Waals surface area (Å²) in [6.45, 7) is 4.36. The third-order valence-corrected chi connectivity index (χ3v) is 2.87. The van der Waals surface area contributed by atoms with Crippen molar-refractivity contribution in [2.75, 3.05) is 13.1 Å². The highest BCUT2D eigenvalue weighted by molar-refractivity contribution is 5.83. The predicted molar refractivity (Wildman–Crippen MR) is 79.4 cm³/mol. The third kappa shape index (κ3) is 6.78. The van der Waals surface area contributed by atoms with Crippen molar-refractivity contribution >= 4 is 11.9 Å². The Kier molecular flexibility index (Phi) is 7.17. The molecule has 0 aliphatic heterocycles. The van der Waals surface area contributed by atoms with Crippen LogP contribution in [0.3, 0.4) is 0 Å². The van der Waals surface area contributed by atoms with Crippen molar-refractivity contribution in [3.8, 4) is 0 Å². The molecule has 3 N–H and O–H groups in total. The molecule has 0 radical (unpaired) electrons. The van der Waals surface area contributed by atoms with Crippen molar-refractivity contribution in [2.45, 2.75) is 32.7 Å². The highest BCUT2D eigenvalue weighted by Crippen LogP contribution is 2.04. The van der Waals surface area contributed by atoms with Gasteiger partial charge in [-0.1, -0.05) is 30.3 Å². The number of urea groups is 1. The second kappa shape index (κ2) is 8.96. The number of benzene rings is 1. The van der Waals surface area contributed by atoms with Crippen LogP contribution in [0.2, 0.25) is 0 Å². The van der Waals surface area contributed by atoms with E-state index in [0.717, 1.165) is 12.8 Å². The highest BCUT2D eigenvalue weighted by atomic mass is 16.2. The van der Waals surface area contributed by atoms with E-state index in [1.807, 2.05) is 32.0 Å². The van der Waals surface area contributed by atoms with Crippen LogP contribution in [0.5, 0.6) is 0 Å². The molecule has 1 aromatic rings. The zero-order valence-corrected chi connectivity index (χ0v) is 12.1. The maximum atomic E-state index is 11.6. The number of likely N-dealkylation sites (N-methyl/N-ethyl adjacent to an activating group) is 1. The van der Waals surface area contributed by atoms with Crippen molar-refractivity contribution in [1.29, 1.82) is 0 Å². The van der Waals surface area contributed by atoms with Gasteiger partial charge in [0.05, 0.1) is 6.54 Å². The van der Waals surface area contributed by atoms with E-state index in [9.17, 15) is 9.59 Å². The normalized spacial score (nSPS) is 11.5. The second-order valence-corrected chi connectivity index (χ2v) is 4.71. The van der Waals surface area contributed by atoms with Crippen LogP contribution < -0.4 is 16.0 Å². The molecular weight excluding hydrogens is 254 g/mol. The summed E-state index contributed by atoms with van der Waals surface area (Å²) in [7, 11) is 0. The van der Waals surface area contributed by atoms with Crippen molar-refractivity contribution in [2.24, 2.45) is 0 Å². The molecule has 0 aliphatic rings. The summed E-state index contributed by atoms with van der Waals surface area (Å²) in [6.07, 6.45) is 1.77. The van der Waals surface area contributed by atoms with Crippen molar-refractivity contribution in [3.63, 3.8) is 0 Å². The molecule has 0 saturated carbocycles. The minimum Gasteiger partial charge on any atom is -0.355 e. The molecule has 0 fully saturated rings. The molecule has 0 aromatic heterocycles. The van der Waals surface area contributed by atoms with Crippen molar-refractivity contribution in [3.05, 3.63) is 35.9 Å². The summed E-state index contributed by atoms with van der Waals surface area (Å²) in [5, 5.41) is 7.97. The number of nitrogens with one attached hydrogen (secondary N) is 3. The highest BCUT2D eigenvalue weighted by Gasteiger charge is 2.08. The van der Waals surface area contributed by atoms with E-state index in [1.54, 1.807) is 0 Å². The van der Waals surface area contributed by atoms with Gasteiger partial charge in [-0.05, 0) is 32.3 Å². The lowest BCUT2D eigenvalue weighted by Crippen LogP contribution is -2.45. The molecule has 5 nitrogen and oxygen atoms in total. The number of carbonyl (C=O) groups is 2. The molecule has 0 aliphatic carbocycles. The Balaban J connectivity index is 2.19. The quantitative estimate of drug-likeness (QED) is 0.706. The first kappa shape index (κ1) is 16.0. The van der Waals surface area contributed by atoms with Gasteiger partial charge in [0.15, 0.2) is 0 Å². The van der Waals surface area contributed by atoms with Crippen LogP contribution in [0.4, 0.5) is 4.79 Å². The Morgan fingerprint density at radius 3 is 2.50 bits per heavy atom. The largest absolute Gasteiger partial charge is 0.355 e. The number of amides is 3. The molecule has 110 valence electrons. The van der Waals surface area contributed by atoms with Gasteiger partial charge in [-0.2, -0.15) is 0 Å². The van der Waals surface area contributed by atoms with E-state index in [4.69, 9.17) is 0 Å². The minimum atomic E-state index is -0.309. The summed E-state index contributed by atoms with van der Waals surface area (Å²) in [5.41, 5.74) is 1.25.